The van der Waals surface area contributed by atoms with Gasteiger partial charge in [0.2, 0.25) is 5.91 Å². The molecule has 0 saturated heterocycles. The first-order chi connectivity index (χ1) is 9.15. The fourth-order valence-corrected chi connectivity index (χ4v) is 3.02. The minimum atomic E-state index is 0.0263. The summed E-state index contributed by atoms with van der Waals surface area (Å²) in [4.78, 5) is 13.8. The third kappa shape index (κ3) is 4.29. The van der Waals surface area contributed by atoms with E-state index in [4.69, 9.17) is 5.73 Å². The zero-order chi connectivity index (χ0) is 13.7. The van der Waals surface area contributed by atoms with Crippen molar-refractivity contribution in [1.29, 1.82) is 0 Å². The van der Waals surface area contributed by atoms with Crippen LogP contribution in [0, 0.1) is 6.92 Å². The molecule has 100 valence electrons. The van der Waals surface area contributed by atoms with Gasteiger partial charge in [0.1, 0.15) is 0 Å². The molecule has 1 aromatic carbocycles. The Hall–Kier alpha value is -1.46. The largest absolute Gasteiger partial charge is 0.398 e. The molecule has 0 bridgehead atoms. The zero-order valence-corrected chi connectivity index (χ0v) is 12.3. The lowest BCUT2D eigenvalue weighted by molar-refractivity contribution is -0.118. The summed E-state index contributed by atoms with van der Waals surface area (Å²) < 4.78 is 0. The number of benzene rings is 1. The lowest BCUT2D eigenvalue weighted by atomic mass is 10.2. The Morgan fingerprint density at radius 1 is 1.42 bits per heavy atom. The highest BCUT2D eigenvalue weighted by Crippen LogP contribution is 2.25. The first-order valence-corrected chi connectivity index (χ1v) is 7.79. The number of amides is 1. The van der Waals surface area contributed by atoms with Gasteiger partial charge in [-0.05, 0) is 36.1 Å². The van der Waals surface area contributed by atoms with Crippen LogP contribution in [0.1, 0.15) is 10.4 Å². The highest BCUT2D eigenvalue weighted by Gasteiger charge is 2.05. The van der Waals surface area contributed by atoms with Gasteiger partial charge in [0, 0.05) is 15.5 Å². The van der Waals surface area contributed by atoms with Gasteiger partial charge >= 0.3 is 0 Å². The number of nitrogen functional groups attached to an aromatic ring is 1. The van der Waals surface area contributed by atoms with Crippen molar-refractivity contribution in [3.8, 4) is 0 Å². The van der Waals surface area contributed by atoms with E-state index in [-0.39, 0.29) is 5.91 Å². The third-order valence-corrected chi connectivity index (χ3v) is 4.53. The average Bonchev–Trinajstić information content (AvgIpc) is 2.88. The SMILES string of the molecule is Cc1ccc(SCC(=O)NCc2cccs2)c(N)c1. The van der Waals surface area contributed by atoms with E-state index in [1.165, 1.54) is 11.8 Å². The van der Waals surface area contributed by atoms with E-state index >= 15 is 0 Å². The van der Waals surface area contributed by atoms with Crippen molar-refractivity contribution in [2.24, 2.45) is 0 Å². The number of aryl methyl sites for hydroxylation is 1. The Morgan fingerprint density at radius 2 is 2.26 bits per heavy atom. The summed E-state index contributed by atoms with van der Waals surface area (Å²) in [6.45, 7) is 2.60. The van der Waals surface area contributed by atoms with Crippen LogP contribution in [0.2, 0.25) is 0 Å². The molecule has 0 saturated carbocycles. The number of rotatable bonds is 5. The van der Waals surface area contributed by atoms with E-state index in [1.807, 2.05) is 42.6 Å². The molecule has 0 fully saturated rings. The lowest BCUT2D eigenvalue weighted by Gasteiger charge is -2.07. The minimum absolute atomic E-state index is 0.0263. The van der Waals surface area contributed by atoms with Gasteiger partial charge in [0.25, 0.3) is 0 Å². The van der Waals surface area contributed by atoms with Gasteiger partial charge in [0.15, 0.2) is 0 Å². The quantitative estimate of drug-likeness (QED) is 0.658. The molecule has 0 unspecified atom stereocenters. The van der Waals surface area contributed by atoms with E-state index in [0.29, 0.717) is 12.3 Å². The standard InChI is InChI=1S/C14H16N2OS2/c1-10-4-5-13(12(15)7-10)19-9-14(17)16-8-11-3-2-6-18-11/h2-7H,8-9,15H2,1H3,(H,16,17). The van der Waals surface area contributed by atoms with E-state index in [1.54, 1.807) is 11.3 Å². The van der Waals surface area contributed by atoms with Gasteiger partial charge in [-0.25, -0.2) is 0 Å². The maximum Gasteiger partial charge on any atom is 0.230 e. The number of thiophene rings is 1. The Kier molecular flexibility index (Phi) is 4.87. The summed E-state index contributed by atoms with van der Waals surface area (Å²) in [6, 6.07) is 9.87. The van der Waals surface area contributed by atoms with Crippen LogP contribution < -0.4 is 11.1 Å². The molecular formula is C14H16N2OS2. The molecule has 1 aromatic heterocycles. The maximum atomic E-state index is 11.7. The molecule has 0 spiro atoms. The van der Waals surface area contributed by atoms with Crippen LogP contribution in [0.25, 0.3) is 0 Å². The van der Waals surface area contributed by atoms with Crippen LogP contribution in [0.5, 0.6) is 0 Å². The van der Waals surface area contributed by atoms with Crippen molar-refractivity contribution in [2.45, 2.75) is 18.4 Å². The molecule has 5 heteroatoms. The van der Waals surface area contributed by atoms with Crippen molar-refractivity contribution in [2.75, 3.05) is 11.5 Å². The van der Waals surface area contributed by atoms with Crippen LogP contribution >= 0.6 is 23.1 Å². The summed E-state index contributed by atoms with van der Waals surface area (Å²) in [5.41, 5.74) is 7.77. The first-order valence-electron chi connectivity index (χ1n) is 5.93. The first kappa shape index (κ1) is 14.0. The molecule has 1 amide bonds. The molecule has 0 radical (unpaired) electrons. The van der Waals surface area contributed by atoms with Crippen molar-refractivity contribution in [1.82, 2.24) is 5.32 Å². The number of anilines is 1. The smallest absolute Gasteiger partial charge is 0.230 e. The molecule has 2 rings (SSSR count). The van der Waals surface area contributed by atoms with Crippen molar-refractivity contribution < 1.29 is 4.79 Å². The predicted octanol–water partition coefficient (Wildman–Crippen LogP) is 3.05. The van der Waals surface area contributed by atoms with Crippen molar-refractivity contribution >= 4 is 34.7 Å². The van der Waals surface area contributed by atoms with E-state index in [0.717, 1.165) is 21.0 Å². The minimum Gasteiger partial charge on any atom is -0.398 e. The summed E-state index contributed by atoms with van der Waals surface area (Å²) in [6.07, 6.45) is 0. The number of carbonyl (C=O) groups is 1. The zero-order valence-electron chi connectivity index (χ0n) is 10.7. The molecule has 19 heavy (non-hydrogen) atoms. The highest BCUT2D eigenvalue weighted by molar-refractivity contribution is 8.00. The normalized spacial score (nSPS) is 10.4. The van der Waals surface area contributed by atoms with Gasteiger partial charge < -0.3 is 11.1 Å². The van der Waals surface area contributed by atoms with Crippen LogP contribution in [-0.2, 0) is 11.3 Å². The summed E-state index contributed by atoms with van der Waals surface area (Å²) in [5.74, 6) is 0.414. The van der Waals surface area contributed by atoms with Gasteiger partial charge in [-0.1, -0.05) is 12.1 Å². The van der Waals surface area contributed by atoms with Gasteiger partial charge in [-0.2, -0.15) is 0 Å². The molecule has 0 aliphatic carbocycles. The predicted molar refractivity (Wildman–Crippen MR) is 82.5 cm³/mol. The number of hydrogen-bond acceptors (Lipinski definition) is 4. The number of thioether (sulfide) groups is 1. The fourth-order valence-electron chi connectivity index (χ4n) is 1.59. The molecule has 2 aromatic rings. The topological polar surface area (TPSA) is 55.1 Å². The second-order valence-corrected chi connectivity index (χ2v) is 6.24. The van der Waals surface area contributed by atoms with E-state index in [2.05, 4.69) is 5.32 Å². The second kappa shape index (κ2) is 6.63. The monoisotopic (exact) mass is 292 g/mol. The summed E-state index contributed by atoms with van der Waals surface area (Å²) in [5, 5.41) is 4.90. The molecule has 1 heterocycles. The van der Waals surface area contributed by atoms with Gasteiger partial charge in [-0.3, -0.25) is 4.79 Å². The highest BCUT2D eigenvalue weighted by atomic mass is 32.2. The Labute approximate surface area is 121 Å². The molecule has 0 aliphatic rings. The number of hydrogen-bond donors (Lipinski definition) is 2. The van der Waals surface area contributed by atoms with E-state index < -0.39 is 0 Å². The second-order valence-electron chi connectivity index (χ2n) is 4.19. The van der Waals surface area contributed by atoms with E-state index in [9.17, 15) is 4.79 Å². The Balaban J connectivity index is 1.80. The molecule has 0 aliphatic heterocycles. The van der Waals surface area contributed by atoms with Crippen molar-refractivity contribution in [3.05, 3.63) is 46.2 Å². The number of nitrogens with two attached hydrogens (primary N) is 1. The molecule has 0 atom stereocenters. The van der Waals surface area contributed by atoms with Crippen LogP contribution in [-0.4, -0.2) is 11.7 Å². The fraction of sp³-hybridized carbons (Fsp3) is 0.214. The number of carbonyl (C=O) groups excluding carboxylic acids is 1. The van der Waals surface area contributed by atoms with Gasteiger partial charge in [-0.15, -0.1) is 23.1 Å². The van der Waals surface area contributed by atoms with Gasteiger partial charge in [0.05, 0.1) is 12.3 Å². The number of nitrogens with one attached hydrogen (secondary N) is 1. The summed E-state index contributed by atoms with van der Waals surface area (Å²) in [7, 11) is 0. The lowest BCUT2D eigenvalue weighted by Crippen LogP contribution is -2.24. The van der Waals surface area contributed by atoms with Crippen LogP contribution in [0.15, 0.2) is 40.6 Å². The van der Waals surface area contributed by atoms with Crippen molar-refractivity contribution in [3.63, 3.8) is 0 Å². The molecular weight excluding hydrogens is 276 g/mol. The average molecular weight is 292 g/mol. The van der Waals surface area contributed by atoms with Crippen LogP contribution in [0.4, 0.5) is 5.69 Å². The molecule has 3 nitrogen and oxygen atoms in total. The summed E-state index contributed by atoms with van der Waals surface area (Å²) >= 11 is 3.11. The third-order valence-electron chi connectivity index (χ3n) is 2.56. The van der Waals surface area contributed by atoms with Crippen LogP contribution in [0.3, 0.4) is 0 Å². The Morgan fingerprint density at radius 3 is 2.95 bits per heavy atom. The molecule has 3 N–H and O–H groups in total. The Bertz CT molecular complexity index is 553. The maximum absolute atomic E-state index is 11.7.